The molecule has 0 heterocycles. The minimum absolute atomic E-state index is 0.0435. The first-order valence-corrected chi connectivity index (χ1v) is 11.9. The van der Waals surface area contributed by atoms with Gasteiger partial charge in [0.05, 0.1) is 44.0 Å². The molecule has 184 valence electrons. The molecule has 0 bridgehead atoms. The van der Waals surface area contributed by atoms with E-state index in [2.05, 4.69) is 21.3 Å². The third-order valence-corrected chi connectivity index (χ3v) is 4.85. The van der Waals surface area contributed by atoms with Gasteiger partial charge in [-0.25, -0.2) is 0 Å². The van der Waals surface area contributed by atoms with Crippen LogP contribution < -0.4 is 21.3 Å². The molecule has 0 fully saturated rings. The number of aliphatic hydroxyl groups is 1. The Morgan fingerprint density at radius 1 is 0.939 bits per heavy atom. The lowest BCUT2D eigenvalue weighted by Gasteiger charge is -2.14. The number of carbonyl (C=O) groups excluding carboxylic acids is 4. The second-order valence-corrected chi connectivity index (χ2v) is 7.63. The smallest absolute Gasteiger partial charge is 0.246 e. The van der Waals surface area contributed by atoms with E-state index >= 15 is 0 Å². The first-order valence-electron chi connectivity index (χ1n) is 10.4. The number of carbonyl (C=O) groups is 4. The van der Waals surface area contributed by atoms with Crippen molar-refractivity contribution in [1.82, 2.24) is 16.0 Å². The maximum absolute atomic E-state index is 12.2. The standard InChI is InChI=1S/C21H31IN4O7/c1-15(21(31)26-17-4-2-16(14-27)3-5-17)25-20(30)13-24-18(28)6-8-32-10-11-33-9-7-23-19(29)12-22/h2-5,15,27H,6-14H2,1H3,(H,23,29)(H,24,28)(H,25,30)(H,26,31)/t15-/m0/s1. The summed E-state index contributed by atoms with van der Waals surface area (Å²) in [5.74, 6) is -1.30. The molecule has 0 aromatic heterocycles. The maximum Gasteiger partial charge on any atom is 0.246 e. The van der Waals surface area contributed by atoms with Gasteiger partial charge in [-0.15, -0.1) is 0 Å². The number of rotatable bonds is 16. The van der Waals surface area contributed by atoms with E-state index < -0.39 is 17.9 Å². The molecule has 5 N–H and O–H groups in total. The van der Waals surface area contributed by atoms with Crippen LogP contribution in [-0.2, 0) is 35.3 Å². The molecule has 0 saturated carbocycles. The highest BCUT2D eigenvalue weighted by Gasteiger charge is 2.16. The maximum atomic E-state index is 12.2. The van der Waals surface area contributed by atoms with Crippen LogP contribution in [0.3, 0.4) is 0 Å². The Kier molecular flexibility index (Phi) is 15.0. The number of aliphatic hydroxyl groups excluding tert-OH is 1. The summed E-state index contributed by atoms with van der Waals surface area (Å²) in [5.41, 5.74) is 1.26. The molecule has 0 aliphatic heterocycles. The van der Waals surface area contributed by atoms with Gasteiger partial charge in [0.2, 0.25) is 23.6 Å². The van der Waals surface area contributed by atoms with Crippen molar-refractivity contribution in [3.63, 3.8) is 0 Å². The van der Waals surface area contributed by atoms with Crippen LogP contribution >= 0.6 is 22.6 Å². The number of halogens is 1. The van der Waals surface area contributed by atoms with Crippen LogP contribution in [0.2, 0.25) is 0 Å². The summed E-state index contributed by atoms with van der Waals surface area (Å²) in [6.07, 6.45) is 0.0822. The van der Waals surface area contributed by atoms with Gasteiger partial charge in [-0.3, -0.25) is 19.2 Å². The van der Waals surface area contributed by atoms with Crippen LogP contribution in [0, 0.1) is 0 Å². The van der Waals surface area contributed by atoms with Gasteiger partial charge >= 0.3 is 0 Å². The number of alkyl halides is 1. The number of anilines is 1. The van der Waals surface area contributed by atoms with Gasteiger partial charge in [0.1, 0.15) is 6.04 Å². The monoisotopic (exact) mass is 578 g/mol. The van der Waals surface area contributed by atoms with Crippen molar-refractivity contribution in [2.75, 3.05) is 49.3 Å². The average molecular weight is 578 g/mol. The Morgan fingerprint density at radius 3 is 2.24 bits per heavy atom. The highest BCUT2D eigenvalue weighted by Crippen LogP contribution is 2.09. The van der Waals surface area contributed by atoms with Gasteiger partial charge in [-0.2, -0.15) is 0 Å². The van der Waals surface area contributed by atoms with Gasteiger partial charge < -0.3 is 35.8 Å². The Bertz CT molecular complexity index is 761. The zero-order valence-electron chi connectivity index (χ0n) is 18.5. The topological polar surface area (TPSA) is 155 Å². The number of hydrogen-bond acceptors (Lipinski definition) is 7. The lowest BCUT2D eigenvalue weighted by Crippen LogP contribution is -2.46. The Hall–Kier alpha value is -2.29. The van der Waals surface area contributed by atoms with Crippen LogP contribution in [0.15, 0.2) is 24.3 Å². The molecular weight excluding hydrogens is 547 g/mol. The van der Waals surface area contributed by atoms with Crippen molar-refractivity contribution in [1.29, 1.82) is 0 Å². The SMILES string of the molecule is C[C@H](NC(=O)CNC(=O)CCOCCOCCNC(=O)CI)C(=O)Nc1ccc(CO)cc1. The van der Waals surface area contributed by atoms with Crippen molar-refractivity contribution >= 4 is 51.9 Å². The summed E-state index contributed by atoms with van der Waals surface area (Å²) in [5, 5.41) is 19.3. The fourth-order valence-electron chi connectivity index (χ4n) is 2.37. The molecule has 4 amide bonds. The summed E-state index contributed by atoms with van der Waals surface area (Å²) in [6.45, 7) is 2.83. The van der Waals surface area contributed by atoms with Crippen molar-refractivity contribution in [3.8, 4) is 0 Å². The zero-order chi connectivity index (χ0) is 24.5. The van der Waals surface area contributed by atoms with Crippen LogP contribution in [0.25, 0.3) is 0 Å². The lowest BCUT2D eigenvalue weighted by molar-refractivity contribution is -0.128. The lowest BCUT2D eigenvalue weighted by atomic mass is 10.2. The van der Waals surface area contributed by atoms with E-state index in [0.29, 0.717) is 36.5 Å². The van der Waals surface area contributed by atoms with Gasteiger partial charge in [0.15, 0.2) is 0 Å². The molecule has 11 nitrogen and oxygen atoms in total. The first kappa shape index (κ1) is 28.7. The third kappa shape index (κ3) is 13.8. The Balaban J connectivity index is 2.09. The van der Waals surface area contributed by atoms with Crippen LogP contribution in [0.4, 0.5) is 5.69 Å². The second kappa shape index (κ2) is 17.2. The molecule has 1 atom stereocenters. The van der Waals surface area contributed by atoms with Crippen LogP contribution in [0.5, 0.6) is 0 Å². The quantitative estimate of drug-likeness (QED) is 0.103. The predicted molar refractivity (Wildman–Crippen MR) is 130 cm³/mol. The van der Waals surface area contributed by atoms with E-state index in [4.69, 9.17) is 14.6 Å². The largest absolute Gasteiger partial charge is 0.392 e. The molecule has 0 aliphatic rings. The van der Waals surface area contributed by atoms with E-state index in [-0.39, 0.29) is 38.0 Å². The molecule has 1 aromatic rings. The zero-order valence-corrected chi connectivity index (χ0v) is 20.7. The van der Waals surface area contributed by atoms with Gasteiger partial charge in [-0.1, -0.05) is 34.7 Å². The molecule has 1 rings (SSSR count). The number of amides is 4. The van der Waals surface area contributed by atoms with E-state index in [9.17, 15) is 19.2 Å². The summed E-state index contributed by atoms with van der Waals surface area (Å²) in [6, 6.07) is 5.86. The molecular formula is C21H31IN4O7. The minimum atomic E-state index is -0.801. The fraction of sp³-hybridized carbons (Fsp3) is 0.524. The van der Waals surface area contributed by atoms with E-state index in [0.717, 1.165) is 5.56 Å². The number of hydrogen-bond donors (Lipinski definition) is 5. The highest BCUT2D eigenvalue weighted by molar-refractivity contribution is 14.1. The molecule has 12 heteroatoms. The molecule has 0 unspecified atom stereocenters. The van der Waals surface area contributed by atoms with Gasteiger partial charge in [-0.05, 0) is 24.6 Å². The summed E-state index contributed by atoms with van der Waals surface area (Å²) >= 11 is 1.97. The summed E-state index contributed by atoms with van der Waals surface area (Å²) in [7, 11) is 0. The second-order valence-electron chi connectivity index (χ2n) is 6.87. The minimum Gasteiger partial charge on any atom is -0.392 e. The number of benzene rings is 1. The van der Waals surface area contributed by atoms with Crippen molar-refractivity contribution < 1.29 is 33.8 Å². The first-order chi connectivity index (χ1) is 15.8. The van der Waals surface area contributed by atoms with Gasteiger partial charge in [0.25, 0.3) is 0 Å². The van der Waals surface area contributed by atoms with Crippen molar-refractivity contribution in [2.24, 2.45) is 0 Å². The van der Waals surface area contributed by atoms with E-state index in [1.165, 1.54) is 6.92 Å². The van der Waals surface area contributed by atoms with Crippen LogP contribution in [0.1, 0.15) is 18.9 Å². The molecule has 0 spiro atoms. The van der Waals surface area contributed by atoms with Crippen molar-refractivity contribution in [2.45, 2.75) is 26.0 Å². The van der Waals surface area contributed by atoms with E-state index in [1.807, 2.05) is 22.6 Å². The molecule has 1 aromatic carbocycles. The van der Waals surface area contributed by atoms with E-state index in [1.54, 1.807) is 24.3 Å². The summed E-state index contributed by atoms with van der Waals surface area (Å²) in [4.78, 5) is 46.9. The number of nitrogens with one attached hydrogen (secondary N) is 4. The van der Waals surface area contributed by atoms with Gasteiger partial charge in [0, 0.05) is 18.7 Å². The Labute approximate surface area is 206 Å². The predicted octanol–water partition coefficient (Wildman–Crippen LogP) is -0.287. The summed E-state index contributed by atoms with van der Waals surface area (Å²) < 4.78 is 11.0. The molecule has 0 aliphatic carbocycles. The molecule has 0 saturated heterocycles. The Morgan fingerprint density at radius 2 is 1.61 bits per heavy atom. The van der Waals surface area contributed by atoms with Crippen molar-refractivity contribution in [3.05, 3.63) is 29.8 Å². The van der Waals surface area contributed by atoms with Crippen LogP contribution in [-0.4, -0.2) is 78.7 Å². The normalized spacial score (nSPS) is 11.4. The number of ether oxygens (including phenoxy) is 2. The molecule has 0 radical (unpaired) electrons. The average Bonchev–Trinajstić information content (AvgIpc) is 2.81. The fourth-order valence-corrected chi connectivity index (χ4v) is 2.64. The molecule has 33 heavy (non-hydrogen) atoms. The highest BCUT2D eigenvalue weighted by atomic mass is 127. The third-order valence-electron chi connectivity index (χ3n) is 4.16.